The number of hydrogen-bond donors (Lipinski definition) is 0. The highest BCUT2D eigenvalue weighted by Gasteiger charge is 2.31. The van der Waals surface area contributed by atoms with Crippen molar-refractivity contribution in [1.29, 1.82) is 0 Å². The van der Waals surface area contributed by atoms with Crippen LogP contribution in [0.5, 0.6) is 0 Å². The van der Waals surface area contributed by atoms with Crippen LogP contribution in [0.2, 0.25) is 0 Å². The molecule has 3 rings (SSSR count). The normalized spacial score (nSPS) is 19.0. The van der Waals surface area contributed by atoms with Crippen LogP contribution in [0.25, 0.3) is 0 Å². The molecular weight excluding hydrogens is 292 g/mol. The molecule has 0 saturated heterocycles. The average Bonchev–Trinajstić information content (AvgIpc) is 3.25. The summed E-state index contributed by atoms with van der Waals surface area (Å²) in [4.78, 5) is 14.6. The van der Waals surface area contributed by atoms with Crippen molar-refractivity contribution in [3.63, 3.8) is 0 Å². The molecule has 2 saturated carbocycles. The van der Waals surface area contributed by atoms with Crippen molar-refractivity contribution < 1.29 is 4.79 Å². The summed E-state index contributed by atoms with van der Waals surface area (Å²) in [6.45, 7) is 3.81. The minimum atomic E-state index is 0.196. The smallest absolute Gasteiger partial charge is 0.270 e. The molecule has 0 aliphatic heterocycles. The Hall–Kier alpha value is -0.770. The van der Waals surface area contributed by atoms with Gasteiger partial charge in [-0.2, -0.15) is 0 Å². The van der Waals surface area contributed by atoms with Crippen molar-refractivity contribution in [2.75, 3.05) is 13.1 Å². The minimum Gasteiger partial charge on any atom is -0.339 e. The molecule has 0 spiro atoms. The van der Waals surface area contributed by atoms with Gasteiger partial charge in [0.2, 0.25) is 0 Å². The van der Waals surface area contributed by atoms with Crippen molar-refractivity contribution in [1.82, 2.24) is 9.47 Å². The van der Waals surface area contributed by atoms with E-state index in [1.807, 2.05) is 11.0 Å². The number of rotatable bonds is 5. The van der Waals surface area contributed by atoms with E-state index in [0.29, 0.717) is 6.04 Å². The first kappa shape index (κ1) is 12.3. The largest absolute Gasteiger partial charge is 0.339 e. The molecule has 1 heterocycles. The lowest BCUT2D eigenvalue weighted by Gasteiger charge is -2.21. The molecular formula is C14H19BrN2O. The Bertz CT molecular complexity index is 460. The summed E-state index contributed by atoms with van der Waals surface area (Å²) in [5.74, 6) is 0.948. The van der Waals surface area contributed by atoms with Crippen LogP contribution in [0.1, 0.15) is 49.1 Å². The lowest BCUT2D eigenvalue weighted by Crippen LogP contribution is -2.34. The number of aromatic nitrogens is 1. The molecule has 1 aromatic heterocycles. The van der Waals surface area contributed by atoms with Crippen LogP contribution < -0.4 is 0 Å². The maximum absolute atomic E-state index is 12.6. The van der Waals surface area contributed by atoms with E-state index in [2.05, 4.69) is 33.6 Å². The van der Waals surface area contributed by atoms with E-state index in [0.717, 1.165) is 29.2 Å². The average molecular weight is 311 g/mol. The molecule has 0 radical (unpaired) electrons. The van der Waals surface area contributed by atoms with Crippen LogP contribution in [0.4, 0.5) is 0 Å². The van der Waals surface area contributed by atoms with Gasteiger partial charge in [-0.25, -0.2) is 0 Å². The molecule has 3 nitrogen and oxygen atoms in total. The molecule has 2 aliphatic carbocycles. The molecule has 0 atom stereocenters. The van der Waals surface area contributed by atoms with Gasteiger partial charge in [-0.1, -0.05) is 0 Å². The highest BCUT2D eigenvalue weighted by atomic mass is 79.9. The van der Waals surface area contributed by atoms with E-state index >= 15 is 0 Å². The molecule has 98 valence electrons. The lowest BCUT2D eigenvalue weighted by atomic mass is 10.3. The van der Waals surface area contributed by atoms with Gasteiger partial charge in [0.15, 0.2) is 0 Å². The second kappa shape index (κ2) is 4.72. The van der Waals surface area contributed by atoms with Crippen LogP contribution >= 0.6 is 15.9 Å². The first-order valence-corrected chi connectivity index (χ1v) is 7.65. The Morgan fingerprint density at radius 2 is 2.17 bits per heavy atom. The SMILES string of the molecule is CCN(CC1CC1)C(=O)c1cc(Br)cn1C1CC1. The Morgan fingerprint density at radius 1 is 1.44 bits per heavy atom. The number of halogens is 1. The monoisotopic (exact) mass is 310 g/mol. The molecule has 0 bridgehead atoms. The first-order valence-electron chi connectivity index (χ1n) is 6.85. The second-order valence-corrected chi connectivity index (χ2v) is 6.38. The molecule has 1 aromatic rings. The fourth-order valence-corrected chi connectivity index (χ4v) is 2.84. The number of carbonyl (C=O) groups is 1. The Balaban J connectivity index is 1.80. The zero-order chi connectivity index (χ0) is 12.7. The lowest BCUT2D eigenvalue weighted by molar-refractivity contribution is 0.0746. The second-order valence-electron chi connectivity index (χ2n) is 5.47. The summed E-state index contributed by atoms with van der Waals surface area (Å²) >= 11 is 3.49. The van der Waals surface area contributed by atoms with E-state index in [1.165, 1.54) is 25.7 Å². The summed E-state index contributed by atoms with van der Waals surface area (Å²) in [5, 5.41) is 0. The van der Waals surface area contributed by atoms with E-state index in [9.17, 15) is 4.79 Å². The van der Waals surface area contributed by atoms with Gasteiger partial charge in [0.05, 0.1) is 0 Å². The highest BCUT2D eigenvalue weighted by Crippen LogP contribution is 2.38. The van der Waals surface area contributed by atoms with Crippen LogP contribution in [0, 0.1) is 5.92 Å². The number of carbonyl (C=O) groups excluding carboxylic acids is 1. The molecule has 4 heteroatoms. The molecule has 18 heavy (non-hydrogen) atoms. The quantitative estimate of drug-likeness (QED) is 0.817. The predicted octanol–water partition coefficient (Wildman–Crippen LogP) is 3.46. The molecule has 2 fully saturated rings. The zero-order valence-electron chi connectivity index (χ0n) is 10.7. The first-order chi connectivity index (χ1) is 8.69. The van der Waals surface area contributed by atoms with Crippen molar-refractivity contribution in [3.05, 3.63) is 22.4 Å². The summed E-state index contributed by atoms with van der Waals surface area (Å²) in [6.07, 6.45) is 7.04. The minimum absolute atomic E-state index is 0.196. The summed E-state index contributed by atoms with van der Waals surface area (Å²) in [5.41, 5.74) is 0.854. The maximum atomic E-state index is 12.6. The Labute approximate surface area is 116 Å². The van der Waals surface area contributed by atoms with Crippen molar-refractivity contribution in [2.45, 2.75) is 38.6 Å². The van der Waals surface area contributed by atoms with Gasteiger partial charge in [0, 0.05) is 29.8 Å². The van der Waals surface area contributed by atoms with E-state index in [1.54, 1.807) is 0 Å². The van der Waals surface area contributed by atoms with E-state index in [-0.39, 0.29) is 5.91 Å². The van der Waals surface area contributed by atoms with Crippen LogP contribution in [-0.2, 0) is 0 Å². The van der Waals surface area contributed by atoms with Gasteiger partial charge >= 0.3 is 0 Å². The van der Waals surface area contributed by atoms with Crippen LogP contribution in [-0.4, -0.2) is 28.5 Å². The van der Waals surface area contributed by atoms with Crippen LogP contribution in [0.3, 0.4) is 0 Å². The van der Waals surface area contributed by atoms with Gasteiger partial charge < -0.3 is 9.47 Å². The number of hydrogen-bond acceptors (Lipinski definition) is 1. The highest BCUT2D eigenvalue weighted by molar-refractivity contribution is 9.10. The zero-order valence-corrected chi connectivity index (χ0v) is 12.3. The van der Waals surface area contributed by atoms with Gasteiger partial charge in [-0.05, 0) is 60.5 Å². The molecule has 0 unspecified atom stereocenters. The third-order valence-corrected chi connectivity index (χ3v) is 4.25. The maximum Gasteiger partial charge on any atom is 0.270 e. The van der Waals surface area contributed by atoms with Crippen LogP contribution in [0.15, 0.2) is 16.7 Å². The molecule has 0 aromatic carbocycles. The fourth-order valence-electron chi connectivity index (χ4n) is 2.40. The number of amides is 1. The molecule has 0 N–H and O–H groups in total. The predicted molar refractivity (Wildman–Crippen MR) is 74.7 cm³/mol. The standard InChI is InChI=1S/C14H19BrN2O/c1-2-16(8-10-3-4-10)14(18)13-7-11(15)9-17(13)12-5-6-12/h7,9-10,12H,2-6,8H2,1H3. The Kier molecular flexibility index (Phi) is 3.22. The fraction of sp³-hybridized carbons (Fsp3) is 0.643. The topological polar surface area (TPSA) is 25.2 Å². The third kappa shape index (κ3) is 2.48. The van der Waals surface area contributed by atoms with Crippen molar-refractivity contribution >= 4 is 21.8 Å². The summed E-state index contributed by atoms with van der Waals surface area (Å²) in [6, 6.07) is 2.52. The van der Waals surface area contributed by atoms with Crippen molar-refractivity contribution in [3.8, 4) is 0 Å². The van der Waals surface area contributed by atoms with Gasteiger partial charge in [0.25, 0.3) is 5.91 Å². The summed E-state index contributed by atoms with van der Waals surface area (Å²) < 4.78 is 3.17. The molecule has 2 aliphatic rings. The summed E-state index contributed by atoms with van der Waals surface area (Å²) in [7, 11) is 0. The van der Waals surface area contributed by atoms with E-state index < -0.39 is 0 Å². The molecule has 1 amide bonds. The van der Waals surface area contributed by atoms with Crippen molar-refractivity contribution in [2.24, 2.45) is 5.92 Å². The Morgan fingerprint density at radius 3 is 2.72 bits per heavy atom. The number of nitrogens with zero attached hydrogens (tertiary/aromatic N) is 2. The van der Waals surface area contributed by atoms with Gasteiger partial charge in [-0.15, -0.1) is 0 Å². The van der Waals surface area contributed by atoms with E-state index in [4.69, 9.17) is 0 Å². The third-order valence-electron chi connectivity index (χ3n) is 3.82. The van der Waals surface area contributed by atoms with Gasteiger partial charge in [-0.3, -0.25) is 4.79 Å². The van der Waals surface area contributed by atoms with Gasteiger partial charge in [0.1, 0.15) is 5.69 Å².